The molecule has 1 aliphatic rings. The lowest BCUT2D eigenvalue weighted by Gasteiger charge is -2.34. The second-order valence-corrected chi connectivity index (χ2v) is 6.14. The number of aliphatic imine (C=N–C) groups is 1. The largest absolute Gasteiger partial charge is 0.375 e. The number of nitrogens with one attached hydrogen (secondary N) is 1. The summed E-state index contributed by atoms with van der Waals surface area (Å²) in [5.74, 6) is 0.968. The molecule has 0 radical (unpaired) electrons. The minimum atomic E-state index is -0.223. The van der Waals surface area contributed by atoms with Gasteiger partial charge in [0.05, 0.1) is 13.2 Å². The molecule has 1 unspecified atom stereocenters. The van der Waals surface area contributed by atoms with Crippen molar-refractivity contribution in [2.75, 3.05) is 33.3 Å². The summed E-state index contributed by atoms with van der Waals surface area (Å²) in [6.07, 6.45) is 2.56. The van der Waals surface area contributed by atoms with E-state index in [0.717, 1.165) is 31.9 Å². The third-order valence-corrected chi connectivity index (χ3v) is 4.16. The minimum Gasteiger partial charge on any atom is -0.375 e. The molecule has 6 nitrogen and oxygen atoms in total. The van der Waals surface area contributed by atoms with Crippen molar-refractivity contribution < 1.29 is 9.53 Å². The Hall–Kier alpha value is -1.35. The Morgan fingerprint density at radius 3 is 2.84 bits per heavy atom. The molecular formula is C18H29IN4O2. The Morgan fingerprint density at radius 2 is 2.16 bits per heavy atom. The van der Waals surface area contributed by atoms with Crippen LogP contribution < -0.4 is 11.1 Å². The van der Waals surface area contributed by atoms with Gasteiger partial charge in [0, 0.05) is 33.1 Å². The number of nitrogens with two attached hydrogens (primary N) is 1. The molecule has 1 saturated heterocycles. The van der Waals surface area contributed by atoms with Crippen LogP contribution in [0.15, 0.2) is 35.3 Å². The highest BCUT2D eigenvalue weighted by Gasteiger charge is 2.23. The van der Waals surface area contributed by atoms with E-state index >= 15 is 0 Å². The number of likely N-dealkylation sites (tertiary alicyclic amines) is 1. The number of amides is 1. The second-order valence-electron chi connectivity index (χ2n) is 6.14. The molecule has 1 atom stereocenters. The zero-order valence-electron chi connectivity index (χ0n) is 14.8. The fourth-order valence-electron chi connectivity index (χ4n) is 3.04. The van der Waals surface area contributed by atoms with Crippen LogP contribution in [0.1, 0.15) is 24.8 Å². The first-order valence-electron chi connectivity index (χ1n) is 8.54. The number of carbonyl (C=O) groups is 1. The van der Waals surface area contributed by atoms with Gasteiger partial charge in [0.2, 0.25) is 5.91 Å². The number of hydrogen-bond donors (Lipinski definition) is 2. The van der Waals surface area contributed by atoms with Gasteiger partial charge in [-0.3, -0.25) is 9.79 Å². The molecule has 1 aromatic carbocycles. The number of halogens is 1. The fraction of sp³-hybridized carbons (Fsp3) is 0.556. The second kappa shape index (κ2) is 12.1. The topological polar surface area (TPSA) is 80.0 Å². The van der Waals surface area contributed by atoms with Gasteiger partial charge in [-0.25, -0.2) is 0 Å². The van der Waals surface area contributed by atoms with Crippen molar-refractivity contribution in [2.24, 2.45) is 16.6 Å². The summed E-state index contributed by atoms with van der Waals surface area (Å²) in [6.45, 7) is 3.72. The summed E-state index contributed by atoms with van der Waals surface area (Å²) in [5.41, 5.74) is 6.49. The van der Waals surface area contributed by atoms with Crippen LogP contribution in [-0.2, 0) is 16.1 Å². The first kappa shape index (κ1) is 21.7. The highest BCUT2D eigenvalue weighted by Crippen LogP contribution is 2.19. The van der Waals surface area contributed by atoms with Crippen LogP contribution in [0.3, 0.4) is 0 Å². The molecule has 7 heteroatoms. The molecule has 3 N–H and O–H groups in total. The molecule has 0 aliphatic carbocycles. The lowest BCUT2D eigenvalue weighted by Crippen LogP contribution is -2.47. The van der Waals surface area contributed by atoms with Gasteiger partial charge in [-0.15, -0.1) is 24.0 Å². The predicted molar refractivity (Wildman–Crippen MR) is 111 cm³/mol. The Kier molecular flexibility index (Phi) is 10.5. The van der Waals surface area contributed by atoms with Crippen LogP contribution in [0.5, 0.6) is 0 Å². The maximum absolute atomic E-state index is 11.1. The average molecular weight is 460 g/mol. The number of ether oxygens (including phenoxy) is 1. The van der Waals surface area contributed by atoms with Gasteiger partial charge in [-0.1, -0.05) is 30.3 Å². The van der Waals surface area contributed by atoms with Gasteiger partial charge in [-0.2, -0.15) is 0 Å². The van der Waals surface area contributed by atoms with Gasteiger partial charge in [0.25, 0.3) is 0 Å². The van der Waals surface area contributed by atoms with Crippen LogP contribution in [0, 0.1) is 5.92 Å². The van der Waals surface area contributed by atoms with E-state index in [9.17, 15) is 4.79 Å². The SMILES string of the molecule is CN=C(NCCOCc1ccccc1)N1CCCC(CC(N)=O)C1.I. The molecule has 1 heterocycles. The summed E-state index contributed by atoms with van der Waals surface area (Å²) in [7, 11) is 1.78. The van der Waals surface area contributed by atoms with E-state index in [2.05, 4.69) is 27.3 Å². The monoisotopic (exact) mass is 460 g/mol. The normalized spacial score (nSPS) is 17.7. The number of hydrogen-bond acceptors (Lipinski definition) is 3. The molecule has 1 fully saturated rings. The first-order chi connectivity index (χ1) is 11.7. The van der Waals surface area contributed by atoms with Crippen LogP contribution in [-0.4, -0.2) is 50.1 Å². The van der Waals surface area contributed by atoms with Gasteiger partial charge in [0.15, 0.2) is 5.96 Å². The van der Waals surface area contributed by atoms with Gasteiger partial charge in [0.1, 0.15) is 0 Å². The zero-order chi connectivity index (χ0) is 17.2. The maximum atomic E-state index is 11.1. The first-order valence-corrected chi connectivity index (χ1v) is 8.54. The van der Waals surface area contributed by atoms with Crippen molar-refractivity contribution in [3.63, 3.8) is 0 Å². The van der Waals surface area contributed by atoms with Crippen LogP contribution in [0.4, 0.5) is 0 Å². The quantitative estimate of drug-likeness (QED) is 0.282. The Balaban J connectivity index is 0.00000312. The number of rotatable bonds is 7. The fourth-order valence-corrected chi connectivity index (χ4v) is 3.04. The highest BCUT2D eigenvalue weighted by molar-refractivity contribution is 14.0. The molecule has 0 spiro atoms. The lowest BCUT2D eigenvalue weighted by molar-refractivity contribution is -0.119. The van der Waals surface area contributed by atoms with Crippen molar-refractivity contribution in [3.8, 4) is 0 Å². The van der Waals surface area contributed by atoms with E-state index < -0.39 is 0 Å². The molecule has 2 rings (SSSR count). The van der Waals surface area contributed by atoms with Crippen LogP contribution in [0.2, 0.25) is 0 Å². The predicted octanol–water partition coefficient (Wildman–Crippen LogP) is 1.98. The maximum Gasteiger partial charge on any atom is 0.217 e. The number of piperidine rings is 1. The van der Waals surface area contributed by atoms with Crippen LogP contribution in [0.25, 0.3) is 0 Å². The number of benzene rings is 1. The Morgan fingerprint density at radius 1 is 1.40 bits per heavy atom. The van der Waals surface area contributed by atoms with E-state index in [4.69, 9.17) is 10.5 Å². The summed E-state index contributed by atoms with van der Waals surface area (Å²) in [4.78, 5) is 17.7. The molecule has 1 aliphatic heterocycles. The standard InChI is InChI=1S/C18H28N4O2.HI/c1-20-18(22-10-5-8-16(13-22)12-17(19)23)21-9-11-24-14-15-6-3-2-4-7-15;/h2-4,6-7,16H,5,8-14H2,1H3,(H2,19,23)(H,20,21);1H. The molecule has 1 aromatic rings. The van der Waals surface area contributed by atoms with Crippen molar-refractivity contribution in [1.82, 2.24) is 10.2 Å². The van der Waals surface area contributed by atoms with Crippen molar-refractivity contribution >= 4 is 35.8 Å². The van der Waals surface area contributed by atoms with Crippen molar-refractivity contribution in [3.05, 3.63) is 35.9 Å². The van der Waals surface area contributed by atoms with Gasteiger partial charge < -0.3 is 20.7 Å². The molecule has 140 valence electrons. The summed E-state index contributed by atoms with van der Waals surface area (Å²) in [6, 6.07) is 10.1. The molecular weight excluding hydrogens is 431 g/mol. The molecule has 0 aromatic heterocycles. The van der Waals surface area contributed by atoms with E-state index in [0.29, 0.717) is 32.1 Å². The van der Waals surface area contributed by atoms with E-state index in [1.54, 1.807) is 7.05 Å². The summed E-state index contributed by atoms with van der Waals surface area (Å²) < 4.78 is 5.68. The Bertz CT molecular complexity index is 539. The number of guanidine groups is 1. The number of primary amides is 1. The minimum absolute atomic E-state index is 0. The number of carbonyl (C=O) groups excluding carboxylic acids is 1. The van der Waals surface area contributed by atoms with E-state index in [1.807, 2.05) is 18.2 Å². The van der Waals surface area contributed by atoms with Crippen molar-refractivity contribution in [1.29, 1.82) is 0 Å². The number of nitrogens with zero attached hydrogens (tertiary/aromatic N) is 2. The lowest BCUT2D eigenvalue weighted by atomic mass is 9.95. The molecule has 1 amide bonds. The zero-order valence-corrected chi connectivity index (χ0v) is 17.1. The van der Waals surface area contributed by atoms with E-state index in [1.165, 1.54) is 5.56 Å². The van der Waals surface area contributed by atoms with Gasteiger partial charge >= 0.3 is 0 Å². The molecule has 0 saturated carbocycles. The van der Waals surface area contributed by atoms with Crippen molar-refractivity contribution in [2.45, 2.75) is 25.9 Å². The third-order valence-electron chi connectivity index (χ3n) is 4.16. The molecule has 25 heavy (non-hydrogen) atoms. The smallest absolute Gasteiger partial charge is 0.217 e. The summed E-state index contributed by atoms with van der Waals surface area (Å²) in [5, 5.41) is 3.33. The highest BCUT2D eigenvalue weighted by atomic mass is 127. The Labute approximate surface area is 167 Å². The molecule has 0 bridgehead atoms. The van der Waals surface area contributed by atoms with Gasteiger partial charge in [-0.05, 0) is 24.3 Å². The summed E-state index contributed by atoms with van der Waals surface area (Å²) >= 11 is 0. The third kappa shape index (κ3) is 8.04. The average Bonchev–Trinajstić information content (AvgIpc) is 2.58. The van der Waals surface area contributed by atoms with E-state index in [-0.39, 0.29) is 29.9 Å². The van der Waals surface area contributed by atoms with Crippen LogP contribution >= 0.6 is 24.0 Å².